The van der Waals surface area contributed by atoms with Gasteiger partial charge in [0.25, 0.3) is 0 Å². The summed E-state index contributed by atoms with van der Waals surface area (Å²) in [6.07, 6.45) is 0. The summed E-state index contributed by atoms with van der Waals surface area (Å²) in [6, 6.07) is 14.8. The lowest BCUT2D eigenvalue weighted by atomic mass is 10.0. The van der Waals surface area contributed by atoms with Gasteiger partial charge in [-0.2, -0.15) is 10.2 Å². The number of benzene rings is 1. The van der Waals surface area contributed by atoms with Gasteiger partial charge in [0.15, 0.2) is 0 Å². The molecule has 0 radical (unpaired) electrons. The molecule has 6 nitrogen and oxygen atoms in total. The van der Waals surface area contributed by atoms with Crippen LogP contribution in [-0.2, 0) is 4.74 Å². The number of hydrogen-bond acceptors (Lipinski definition) is 7. The van der Waals surface area contributed by atoms with Gasteiger partial charge >= 0.3 is 0 Å². The van der Waals surface area contributed by atoms with Gasteiger partial charge < -0.3 is 14.5 Å². The Morgan fingerprint density at radius 3 is 2.71 bits per heavy atom. The summed E-state index contributed by atoms with van der Waals surface area (Å²) in [5.41, 5.74) is 2.75. The minimum Gasteiger partial charge on any atom is -0.418 e. The molecule has 1 N–H and O–H groups in total. The molecule has 0 saturated carbocycles. The highest BCUT2D eigenvalue weighted by atomic mass is 32.1. The van der Waals surface area contributed by atoms with E-state index in [0.717, 1.165) is 31.2 Å². The van der Waals surface area contributed by atoms with Crippen molar-refractivity contribution >= 4 is 17.2 Å². The minimum atomic E-state index is 0.159. The molecule has 0 spiro atoms. The quantitative estimate of drug-likeness (QED) is 0.679. The van der Waals surface area contributed by atoms with Crippen LogP contribution in [0.25, 0.3) is 10.8 Å². The first-order valence-corrected chi connectivity index (χ1v) is 10.2. The Labute approximate surface area is 168 Å². The number of rotatable bonds is 6. The largest absolute Gasteiger partial charge is 0.418 e. The maximum atomic E-state index is 9.45. The summed E-state index contributed by atoms with van der Waals surface area (Å²) < 4.78 is 11.4. The zero-order valence-corrected chi connectivity index (χ0v) is 16.5. The lowest BCUT2D eigenvalue weighted by Gasteiger charge is -2.35. The highest BCUT2D eigenvalue weighted by Crippen LogP contribution is 2.30. The number of hydrogen-bond donors (Lipinski definition) is 1. The van der Waals surface area contributed by atoms with E-state index in [1.807, 2.05) is 17.5 Å². The molecule has 0 aliphatic carbocycles. The van der Waals surface area contributed by atoms with E-state index in [4.69, 9.17) is 9.15 Å². The number of anilines is 1. The van der Waals surface area contributed by atoms with Crippen LogP contribution in [0, 0.1) is 18.3 Å². The molecule has 4 rings (SSSR count). The van der Waals surface area contributed by atoms with Crippen LogP contribution in [0.15, 0.2) is 46.2 Å². The van der Waals surface area contributed by atoms with Crippen LogP contribution >= 0.6 is 11.3 Å². The summed E-state index contributed by atoms with van der Waals surface area (Å²) in [6.45, 7) is 5.93. The van der Waals surface area contributed by atoms with Gasteiger partial charge in [-0.05, 0) is 23.9 Å². The molecule has 144 valence electrons. The summed E-state index contributed by atoms with van der Waals surface area (Å²) in [7, 11) is 0. The molecular formula is C21H22N4O2S. The molecule has 1 saturated heterocycles. The fraction of sp³-hybridized carbons (Fsp3) is 0.333. The average Bonchev–Trinajstić information content (AvgIpc) is 3.40. The molecule has 28 heavy (non-hydrogen) atoms. The number of oxazole rings is 1. The molecule has 0 amide bonds. The minimum absolute atomic E-state index is 0.159. The van der Waals surface area contributed by atoms with Crippen LogP contribution in [0.4, 0.5) is 5.88 Å². The fourth-order valence-electron chi connectivity index (χ4n) is 3.35. The highest BCUT2D eigenvalue weighted by Gasteiger charge is 2.24. The van der Waals surface area contributed by atoms with Crippen LogP contribution in [0.5, 0.6) is 0 Å². The first-order chi connectivity index (χ1) is 13.7. The predicted molar refractivity (Wildman–Crippen MR) is 109 cm³/mol. The third kappa shape index (κ3) is 4.09. The van der Waals surface area contributed by atoms with Crippen molar-refractivity contribution in [3.8, 4) is 16.8 Å². The lowest BCUT2D eigenvalue weighted by Crippen LogP contribution is -2.41. The monoisotopic (exact) mass is 394 g/mol. The highest BCUT2D eigenvalue weighted by molar-refractivity contribution is 7.13. The van der Waals surface area contributed by atoms with E-state index in [1.54, 1.807) is 0 Å². The van der Waals surface area contributed by atoms with Crippen LogP contribution in [-0.4, -0.2) is 42.7 Å². The number of nitriles is 1. The van der Waals surface area contributed by atoms with E-state index in [9.17, 15) is 5.26 Å². The SMILES string of the molecule is Cc1ccc([C@H](CNc2oc(-c3cccs3)nc2C#N)N2CCOCC2)cc1. The Bertz CT molecular complexity index is 938. The maximum absolute atomic E-state index is 9.45. The number of aromatic nitrogens is 1. The Hall–Kier alpha value is -2.66. The second-order valence-corrected chi connectivity index (χ2v) is 7.69. The van der Waals surface area contributed by atoms with Gasteiger partial charge in [-0.1, -0.05) is 35.9 Å². The molecule has 3 aromatic rings. The van der Waals surface area contributed by atoms with Gasteiger partial charge in [-0.15, -0.1) is 11.3 Å². The topological polar surface area (TPSA) is 74.3 Å². The van der Waals surface area contributed by atoms with Crippen molar-refractivity contribution in [2.75, 3.05) is 38.2 Å². The van der Waals surface area contributed by atoms with Crippen LogP contribution in [0.1, 0.15) is 22.9 Å². The Morgan fingerprint density at radius 1 is 1.25 bits per heavy atom. The number of thiophene rings is 1. The number of ether oxygens (including phenoxy) is 1. The molecule has 1 aromatic carbocycles. The molecule has 1 aliphatic rings. The van der Waals surface area contributed by atoms with Crippen molar-refractivity contribution in [2.45, 2.75) is 13.0 Å². The van der Waals surface area contributed by atoms with Gasteiger partial charge in [-0.25, -0.2) is 0 Å². The summed E-state index contributed by atoms with van der Waals surface area (Å²) in [5, 5.41) is 14.7. The Morgan fingerprint density at radius 2 is 2.04 bits per heavy atom. The zero-order valence-electron chi connectivity index (χ0n) is 15.7. The Balaban J connectivity index is 1.55. The van der Waals surface area contributed by atoms with E-state index < -0.39 is 0 Å². The molecule has 1 fully saturated rings. The standard InChI is InChI=1S/C21H22N4O2S/c1-15-4-6-16(7-5-15)18(25-8-10-26-11-9-25)14-23-20-17(13-22)24-21(27-20)19-3-2-12-28-19/h2-7,12,18,23H,8-11,14H2,1H3/t18-/m0/s1. The number of aryl methyl sites for hydroxylation is 1. The normalized spacial score (nSPS) is 15.9. The summed E-state index contributed by atoms with van der Waals surface area (Å²) in [5.74, 6) is 0.906. The zero-order chi connectivity index (χ0) is 19.3. The third-order valence-corrected chi connectivity index (χ3v) is 5.73. The van der Waals surface area contributed by atoms with Crippen molar-refractivity contribution in [2.24, 2.45) is 0 Å². The second-order valence-electron chi connectivity index (χ2n) is 6.74. The number of morpholine rings is 1. The van der Waals surface area contributed by atoms with Crippen LogP contribution < -0.4 is 5.32 Å². The lowest BCUT2D eigenvalue weighted by molar-refractivity contribution is 0.0186. The number of nitrogens with one attached hydrogen (secondary N) is 1. The van der Waals surface area contributed by atoms with E-state index in [1.165, 1.54) is 22.5 Å². The number of nitrogens with zero attached hydrogens (tertiary/aromatic N) is 3. The molecular weight excluding hydrogens is 372 g/mol. The third-order valence-electron chi connectivity index (χ3n) is 4.87. The van der Waals surface area contributed by atoms with Crippen LogP contribution in [0.2, 0.25) is 0 Å². The average molecular weight is 395 g/mol. The second kappa shape index (κ2) is 8.57. The Kier molecular flexibility index (Phi) is 5.72. The van der Waals surface area contributed by atoms with Crippen molar-refractivity contribution in [1.82, 2.24) is 9.88 Å². The summed E-state index contributed by atoms with van der Waals surface area (Å²) in [4.78, 5) is 7.65. The molecule has 1 atom stereocenters. The van der Waals surface area contributed by atoms with Gasteiger partial charge in [0.1, 0.15) is 6.07 Å². The van der Waals surface area contributed by atoms with Gasteiger partial charge in [0.05, 0.1) is 24.1 Å². The van der Waals surface area contributed by atoms with Crippen molar-refractivity contribution in [3.63, 3.8) is 0 Å². The van der Waals surface area contributed by atoms with Gasteiger partial charge in [-0.3, -0.25) is 4.90 Å². The van der Waals surface area contributed by atoms with E-state index in [-0.39, 0.29) is 11.7 Å². The van der Waals surface area contributed by atoms with Crippen molar-refractivity contribution in [3.05, 3.63) is 58.6 Å². The molecule has 1 aliphatic heterocycles. The van der Waals surface area contributed by atoms with E-state index >= 15 is 0 Å². The smallest absolute Gasteiger partial charge is 0.240 e. The van der Waals surface area contributed by atoms with Gasteiger partial charge in [0.2, 0.25) is 17.5 Å². The predicted octanol–water partition coefficient (Wildman–Crippen LogP) is 4.07. The molecule has 7 heteroatoms. The van der Waals surface area contributed by atoms with Crippen molar-refractivity contribution < 1.29 is 9.15 Å². The first kappa shape index (κ1) is 18.7. The molecule has 0 unspecified atom stereocenters. The first-order valence-electron chi connectivity index (χ1n) is 9.31. The van der Waals surface area contributed by atoms with Gasteiger partial charge in [0, 0.05) is 19.6 Å². The van der Waals surface area contributed by atoms with E-state index in [0.29, 0.717) is 18.3 Å². The van der Waals surface area contributed by atoms with Crippen LogP contribution in [0.3, 0.4) is 0 Å². The summed E-state index contributed by atoms with van der Waals surface area (Å²) >= 11 is 1.54. The maximum Gasteiger partial charge on any atom is 0.240 e. The van der Waals surface area contributed by atoms with E-state index in [2.05, 4.69) is 52.5 Å². The van der Waals surface area contributed by atoms with Crippen molar-refractivity contribution in [1.29, 1.82) is 5.26 Å². The molecule has 3 heterocycles. The molecule has 0 bridgehead atoms. The fourth-order valence-corrected chi connectivity index (χ4v) is 4.00. The molecule has 2 aromatic heterocycles.